The molecule has 0 saturated heterocycles. The van der Waals surface area contributed by atoms with E-state index in [-0.39, 0.29) is 16.9 Å². The van der Waals surface area contributed by atoms with Gasteiger partial charge in [0.2, 0.25) is 5.91 Å². The molecule has 0 aliphatic heterocycles. The van der Waals surface area contributed by atoms with E-state index in [4.69, 9.17) is 12.2 Å². The number of hydrogen-bond acceptors (Lipinski definition) is 4. The Kier molecular flexibility index (Phi) is 6.65. The number of hydrazine groups is 1. The highest BCUT2D eigenvalue weighted by atomic mass is 79.9. The molecule has 2 amide bonds. The zero-order valence-corrected chi connectivity index (χ0v) is 15.8. The number of carbonyl (C=O) groups is 2. The van der Waals surface area contributed by atoms with E-state index in [1.807, 2.05) is 30.5 Å². The van der Waals surface area contributed by atoms with Crippen molar-refractivity contribution in [1.29, 1.82) is 0 Å². The van der Waals surface area contributed by atoms with Crippen LogP contribution in [0.3, 0.4) is 0 Å². The third-order valence-electron chi connectivity index (χ3n) is 2.90. The smallest absolute Gasteiger partial charge is 0.269 e. The summed E-state index contributed by atoms with van der Waals surface area (Å²) in [6.07, 6.45) is 3.06. The Morgan fingerprint density at radius 2 is 2.04 bits per heavy atom. The van der Waals surface area contributed by atoms with E-state index >= 15 is 0 Å². The first kappa shape index (κ1) is 18.3. The van der Waals surface area contributed by atoms with Crippen LogP contribution in [0.15, 0.2) is 46.3 Å². The van der Waals surface area contributed by atoms with Crippen molar-refractivity contribution >= 4 is 62.5 Å². The molecular formula is C16H14BrN3O2S2. The molecule has 0 fully saturated rings. The summed E-state index contributed by atoms with van der Waals surface area (Å²) in [5.74, 6) is -0.741. The quantitative estimate of drug-likeness (QED) is 0.402. The Labute approximate surface area is 157 Å². The van der Waals surface area contributed by atoms with Crippen molar-refractivity contribution in [3.63, 3.8) is 0 Å². The molecular weight excluding hydrogens is 410 g/mol. The molecule has 0 radical (unpaired) electrons. The molecule has 124 valence electrons. The molecule has 0 aliphatic rings. The number of nitrogens with one attached hydrogen (secondary N) is 3. The lowest BCUT2D eigenvalue weighted by atomic mass is 10.1. The fourth-order valence-corrected chi connectivity index (χ4v) is 2.80. The number of thiocarbonyl (C=S) groups is 1. The van der Waals surface area contributed by atoms with E-state index in [9.17, 15) is 9.59 Å². The van der Waals surface area contributed by atoms with Gasteiger partial charge >= 0.3 is 0 Å². The standard InChI is InChI=1S/C16H14BrN3O2S2/c1-10-4-5-11(9-13(10)17)15(22)19-20-16(23)18-14(21)7-6-12-3-2-8-24-12/h2-9H,1H3,(H,19,22)(H2,18,20,21,23)/b7-6+. The third-order valence-corrected chi connectivity index (χ3v) is 4.80. The maximum absolute atomic E-state index is 12.0. The summed E-state index contributed by atoms with van der Waals surface area (Å²) >= 11 is 9.85. The first-order valence-corrected chi connectivity index (χ1v) is 8.93. The molecule has 8 heteroatoms. The van der Waals surface area contributed by atoms with Crippen molar-refractivity contribution in [1.82, 2.24) is 16.2 Å². The summed E-state index contributed by atoms with van der Waals surface area (Å²) in [5, 5.41) is 4.37. The zero-order chi connectivity index (χ0) is 17.5. The summed E-state index contributed by atoms with van der Waals surface area (Å²) < 4.78 is 0.838. The molecule has 0 aliphatic carbocycles. The number of hydrogen-bond donors (Lipinski definition) is 3. The molecule has 0 atom stereocenters. The molecule has 2 aromatic rings. The number of benzene rings is 1. The fraction of sp³-hybridized carbons (Fsp3) is 0.0625. The van der Waals surface area contributed by atoms with Gasteiger partial charge < -0.3 is 0 Å². The van der Waals surface area contributed by atoms with Gasteiger partial charge in [0.15, 0.2) is 5.11 Å². The van der Waals surface area contributed by atoms with Gasteiger partial charge in [-0.2, -0.15) is 0 Å². The topological polar surface area (TPSA) is 70.2 Å². The van der Waals surface area contributed by atoms with Gasteiger partial charge in [-0.25, -0.2) is 0 Å². The van der Waals surface area contributed by atoms with Crippen LogP contribution in [0.1, 0.15) is 20.8 Å². The number of aryl methyl sites for hydroxylation is 1. The number of amides is 2. The van der Waals surface area contributed by atoms with Crippen LogP contribution >= 0.6 is 39.5 Å². The average Bonchev–Trinajstić information content (AvgIpc) is 3.06. The highest BCUT2D eigenvalue weighted by Crippen LogP contribution is 2.17. The Hall–Kier alpha value is -2.03. The maximum Gasteiger partial charge on any atom is 0.269 e. The lowest BCUT2D eigenvalue weighted by Gasteiger charge is -2.10. The van der Waals surface area contributed by atoms with E-state index < -0.39 is 0 Å². The second kappa shape index (κ2) is 8.72. The van der Waals surface area contributed by atoms with Crippen LogP contribution in [0.25, 0.3) is 6.08 Å². The van der Waals surface area contributed by atoms with E-state index in [1.165, 1.54) is 17.4 Å². The molecule has 1 heterocycles. The van der Waals surface area contributed by atoms with Crippen LogP contribution < -0.4 is 16.2 Å². The van der Waals surface area contributed by atoms with Crippen molar-refractivity contribution in [2.45, 2.75) is 6.92 Å². The van der Waals surface area contributed by atoms with E-state index in [1.54, 1.807) is 18.2 Å². The minimum absolute atomic E-state index is 0.00959. The van der Waals surface area contributed by atoms with Crippen LogP contribution in [-0.4, -0.2) is 16.9 Å². The number of rotatable bonds is 3. The minimum Gasteiger partial charge on any atom is -0.298 e. The zero-order valence-electron chi connectivity index (χ0n) is 12.6. The van der Waals surface area contributed by atoms with Crippen molar-refractivity contribution < 1.29 is 9.59 Å². The van der Waals surface area contributed by atoms with Gasteiger partial charge in [-0.1, -0.05) is 28.1 Å². The molecule has 5 nitrogen and oxygen atoms in total. The van der Waals surface area contributed by atoms with Crippen molar-refractivity contribution in [3.8, 4) is 0 Å². The van der Waals surface area contributed by atoms with Crippen LogP contribution in [0.5, 0.6) is 0 Å². The Morgan fingerprint density at radius 1 is 1.25 bits per heavy atom. The van der Waals surface area contributed by atoms with Gasteiger partial charge in [-0.15, -0.1) is 11.3 Å². The van der Waals surface area contributed by atoms with Crippen LogP contribution in [0, 0.1) is 6.92 Å². The highest BCUT2D eigenvalue weighted by Gasteiger charge is 2.08. The number of thiophene rings is 1. The van der Waals surface area contributed by atoms with Gasteiger partial charge in [0.1, 0.15) is 0 Å². The van der Waals surface area contributed by atoms with Crippen molar-refractivity contribution in [2.75, 3.05) is 0 Å². The average molecular weight is 424 g/mol. The number of carbonyl (C=O) groups excluding carboxylic acids is 2. The van der Waals surface area contributed by atoms with Crippen LogP contribution in [0.2, 0.25) is 0 Å². The van der Waals surface area contributed by atoms with Gasteiger partial charge in [-0.05, 0) is 54.4 Å². The van der Waals surface area contributed by atoms with Gasteiger partial charge in [0.25, 0.3) is 5.91 Å². The van der Waals surface area contributed by atoms with Gasteiger partial charge in [0.05, 0.1) is 0 Å². The van der Waals surface area contributed by atoms with Gasteiger partial charge in [0, 0.05) is 21.0 Å². The third kappa shape index (κ3) is 5.55. The first-order chi connectivity index (χ1) is 11.5. The minimum atomic E-state index is -0.381. The molecule has 1 aromatic heterocycles. The normalized spacial score (nSPS) is 10.4. The monoisotopic (exact) mass is 423 g/mol. The Balaban J connectivity index is 1.80. The van der Waals surface area contributed by atoms with Crippen molar-refractivity contribution in [3.05, 3.63) is 62.3 Å². The lowest BCUT2D eigenvalue weighted by molar-refractivity contribution is -0.115. The molecule has 1 aromatic carbocycles. The summed E-state index contributed by atoms with van der Waals surface area (Å²) in [7, 11) is 0. The molecule has 0 unspecified atom stereocenters. The molecule has 2 rings (SSSR count). The molecule has 24 heavy (non-hydrogen) atoms. The SMILES string of the molecule is Cc1ccc(C(=O)NNC(=S)NC(=O)/C=C/c2cccs2)cc1Br. The van der Waals surface area contributed by atoms with Crippen LogP contribution in [-0.2, 0) is 4.79 Å². The second-order valence-corrected chi connectivity index (χ2v) is 6.95. The summed E-state index contributed by atoms with van der Waals surface area (Å²) in [6.45, 7) is 1.93. The largest absolute Gasteiger partial charge is 0.298 e. The fourth-order valence-electron chi connectivity index (χ4n) is 1.65. The summed E-state index contributed by atoms with van der Waals surface area (Å²) in [5.41, 5.74) is 6.42. The summed E-state index contributed by atoms with van der Waals surface area (Å²) in [6, 6.07) is 9.02. The molecule has 0 saturated carbocycles. The first-order valence-electron chi connectivity index (χ1n) is 6.85. The summed E-state index contributed by atoms with van der Waals surface area (Å²) in [4.78, 5) is 24.7. The molecule has 0 bridgehead atoms. The molecule has 3 N–H and O–H groups in total. The highest BCUT2D eigenvalue weighted by molar-refractivity contribution is 9.10. The lowest BCUT2D eigenvalue weighted by Crippen LogP contribution is -2.48. The van der Waals surface area contributed by atoms with E-state index in [2.05, 4.69) is 32.1 Å². The van der Waals surface area contributed by atoms with E-state index in [0.717, 1.165) is 14.9 Å². The predicted molar refractivity (Wildman–Crippen MR) is 104 cm³/mol. The number of halogens is 1. The Bertz CT molecular complexity index is 789. The Morgan fingerprint density at radius 3 is 2.71 bits per heavy atom. The van der Waals surface area contributed by atoms with Crippen molar-refractivity contribution in [2.24, 2.45) is 0 Å². The second-order valence-electron chi connectivity index (χ2n) is 4.71. The maximum atomic E-state index is 12.0. The molecule has 0 spiro atoms. The van der Waals surface area contributed by atoms with Crippen LogP contribution in [0.4, 0.5) is 0 Å². The van der Waals surface area contributed by atoms with E-state index in [0.29, 0.717) is 5.56 Å². The van der Waals surface area contributed by atoms with Gasteiger partial charge in [-0.3, -0.25) is 25.8 Å². The predicted octanol–water partition coefficient (Wildman–Crippen LogP) is 3.17.